The predicted molar refractivity (Wildman–Crippen MR) is 94.6 cm³/mol. The molecular weight excluding hydrogens is 334 g/mol. The Morgan fingerprint density at radius 1 is 1.17 bits per heavy atom. The van der Waals surface area contributed by atoms with E-state index in [1.54, 1.807) is 44.9 Å². The maximum Gasteiger partial charge on any atom is 0.396 e. The van der Waals surface area contributed by atoms with E-state index < -0.39 is 10.3 Å². The number of nitrogens with one attached hydrogen (secondary N) is 1. The number of rotatable bonds is 6. The summed E-state index contributed by atoms with van der Waals surface area (Å²) in [4.78, 5) is 15.5. The van der Waals surface area contributed by atoms with Gasteiger partial charge in [0.05, 0.1) is 22.7 Å². The highest BCUT2D eigenvalue weighted by Gasteiger charge is 2.17. The first-order chi connectivity index (χ1) is 10.9. The van der Waals surface area contributed by atoms with Crippen LogP contribution in [0.5, 0.6) is 0 Å². The van der Waals surface area contributed by atoms with Gasteiger partial charge < -0.3 is 15.1 Å². The van der Waals surface area contributed by atoms with E-state index in [9.17, 15) is 13.2 Å². The molecule has 0 radical (unpaired) electrons. The Balaban J connectivity index is 3.54. The number of carbonyl (C=O) groups excluding carboxylic acids is 1. The average Bonchev–Trinajstić information content (AvgIpc) is 2.44. The summed E-state index contributed by atoms with van der Waals surface area (Å²) < 4.78 is 33.0. The van der Waals surface area contributed by atoms with E-state index >= 15 is 0 Å². The lowest BCUT2D eigenvalue weighted by atomic mass is 10.1. The van der Waals surface area contributed by atoms with Crippen molar-refractivity contribution in [2.75, 3.05) is 43.3 Å². The average molecular weight is 355 g/mol. The fourth-order valence-corrected chi connectivity index (χ4v) is 2.01. The maximum atomic E-state index is 12.0. The Morgan fingerprint density at radius 3 is 1.96 bits per heavy atom. The third-order valence-electron chi connectivity index (χ3n) is 2.93. The molecule has 1 aromatic carbocycles. The molecule has 132 valence electrons. The van der Waals surface area contributed by atoms with Crippen molar-refractivity contribution in [1.29, 1.82) is 0 Å². The van der Waals surface area contributed by atoms with Gasteiger partial charge in [-0.05, 0) is 23.6 Å². The number of nitrogens with zero attached hydrogens (tertiary/aromatic N) is 4. The zero-order chi connectivity index (χ0) is 18.7. The SMILES string of the molecule is C=C(C)C(=O)Nc1c(N(C)C)cc(N=NS(=O)(=O)O)cc1N(C)C. The summed E-state index contributed by atoms with van der Waals surface area (Å²) in [6.07, 6.45) is 0. The third-order valence-corrected chi connectivity index (χ3v) is 3.22. The van der Waals surface area contributed by atoms with Crippen LogP contribution in [0.2, 0.25) is 0 Å². The first-order valence-corrected chi connectivity index (χ1v) is 8.22. The molecule has 0 saturated carbocycles. The normalized spacial score (nSPS) is 11.4. The molecular formula is C14H21N5O4S. The van der Waals surface area contributed by atoms with Gasteiger partial charge in [0.1, 0.15) is 0 Å². The topological polar surface area (TPSA) is 115 Å². The van der Waals surface area contributed by atoms with Crippen molar-refractivity contribution < 1.29 is 17.8 Å². The van der Waals surface area contributed by atoms with E-state index in [4.69, 9.17) is 4.55 Å². The van der Waals surface area contributed by atoms with Gasteiger partial charge in [0.2, 0.25) is 0 Å². The van der Waals surface area contributed by atoms with Crippen molar-refractivity contribution in [3.05, 3.63) is 24.3 Å². The summed E-state index contributed by atoms with van der Waals surface area (Å²) >= 11 is 0. The molecule has 9 nitrogen and oxygen atoms in total. The fourth-order valence-electron chi connectivity index (χ4n) is 1.81. The summed E-state index contributed by atoms with van der Waals surface area (Å²) in [6, 6.07) is 3.07. The van der Waals surface area contributed by atoms with Crippen LogP contribution < -0.4 is 15.1 Å². The molecule has 0 aliphatic heterocycles. The standard InChI is InChI=1S/C14H21N5O4S/c1-9(2)14(20)15-13-11(18(3)4)7-10(8-12(13)19(5)6)16-17-24(21,22)23/h7-8H,1H2,2-6H3,(H,15,20)(H,21,22,23). The van der Waals surface area contributed by atoms with Gasteiger partial charge in [-0.15, -0.1) is 5.11 Å². The Hall–Kier alpha value is -2.46. The molecule has 0 heterocycles. The van der Waals surface area contributed by atoms with E-state index in [-0.39, 0.29) is 11.6 Å². The molecule has 0 aliphatic rings. The molecule has 1 rings (SSSR count). The lowest BCUT2D eigenvalue weighted by Gasteiger charge is -2.25. The minimum atomic E-state index is -4.58. The quantitative estimate of drug-likeness (QED) is 0.459. The lowest BCUT2D eigenvalue weighted by Crippen LogP contribution is -2.20. The second kappa shape index (κ2) is 7.41. The van der Waals surface area contributed by atoms with Crippen LogP contribution in [0.3, 0.4) is 0 Å². The van der Waals surface area contributed by atoms with E-state index in [1.807, 2.05) is 0 Å². The van der Waals surface area contributed by atoms with E-state index in [0.717, 1.165) is 0 Å². The Labute approximate surface area is 141 Å². The second-order valence-electron chi connectivity index (χ2n) is 5.51. The monoisotopic (exact) mass is 355 g/mol. The first-order valence-electron chi connectivity index (χ1n) is 6.82. The fraction of sp³-hybridized carbons (Fsp3) is 0.357. The van der Waals surface area contributed by atoms with Crippen molar-refractivity contribution >= 4 is 39.0 Å². The van der Waals surface area contributed by atoms with Crippen molar-refractivity contribution in [1.82, 2.24) is 0 Å². The minimum Gasteiger partial charge on any atom is -0.376 e. The van der Waals surface area contributed by atoms with Crippen LogP contribution in [0.4, 0.5) is 22.7 Å². The predicted octanol–water partition coefficient (Wildman–Crippen LogP) is 2.22. The molecule has 0 atom stereocenters. The largest absolute Gasteiger partial charge is 0.396 e. The van der Waals surface area contributed by atoms with E-state index in [0.29, 0.717) is 22.6 Å². The van der Waals surface area contributed by atoms with Crippen LogP contribution in [0.25, 0.3) is 0 Å². The van der Waals surface area contributed by atoms with Crippen molar-refractivity contribution in [3.63, 3.8) is 0 Å². The second-order valence-corrected chi connectivity index (χ2v) is 6.57. The minimum absolute atomic E-state index is 0.202. The summed E-state index contributed by atoms with van der Waals surface area (Å²) in [5.41, 5.74) is 2.23. The van der Waals surface area contributed by atoms with E-state index in [2.05, 4.69) is 21.5 Å². The molecule has 2 N–H and O–H groups in total. The molecule has 0 unspecified atom stereocenters. The van der Waals surface area contributed by atoms with Gasteiger partial charge in [-0.25, -0.2) is 0 Å². The van der Waals surface area contributed by atoms with Crippen LogP contribution in [-0.4, -0.2) is 47.1 Å². The summed E-state index contributed by atoms with van der Waals surface area (Å²) in [5.74, 6) is -0.339. The van der Waals surface area contributed by atoms with Crippen molar-refractivity contribution in [2.24, 2.45) is 9.63 Å². The number of hydrogen-bond donors (Lipinski definition) is 2. The van der Waals surface area contributed by atoms with E-state index in [1.165, 1.54) is 12.1 Å². The van der Waals surface area contributed by atoms with Crippen LogP contribution in [0.15, 0.2) is 33.9 Å². The third kappa shape index (κ3) is 5.32. The summed E-state index contributed by atoms with van der Waals surface area (Å²) in [6.45, 7) is 5.20. The highest BCUT2D eigenvalue weighted by Crippen LogP contribution is 2.39. The van der Waals surface area contributed by atoms with Crippen LogP contribution in [-0.2, 0) is 15.1 Å². The molecule has 0 aromatic heterocycles. The Bertz CT molecular complexity index is 755. The number of amides is 1. The van der Waals surface area contributed by atoms with Gasteiger partial charge in [-0.3, -0.25) is 9.35 Å². The van der Waals surface area contributed by atoms with Crippen LogP contribution >= 0.6 is 0 Å². The van der Waals surface area contributed by atoms with Crippen molar-refractivity contribution in [2.45, 2.75) is 6.92 Å². The molecule has 0 bridgehead atoms. The molecule has 0 fully saturated rings. The van der Waals surface area contributed by atoms with Gasteiger partial charge >= 0.3 is 10.3 Å². The first kappa shape index (κ1) is 19.6. The highest BCUT2D eigenvalue weighted by atomic mass is 32.2. The number of anilines is 3. The Kier molecular flexibility index (Phi) is 6.04. The van der Waals surface area contributed by atoms with Gasteiger partial charge in [0.25, 0.3) is 5.91 Å². The van der Waals surface area contributed by atoms with Crippen molar-refractivity contribution in [3.8, 4) is 0 Å². The number of hydrogen-bond acceptors (Lipinski definition) is 6. The molecule has 10 heteroatoms. The van der Waals surface area contributed by atoms with Gasteiger partial charge in [-0.1, -0.05) is 6.58 Å². The molecule has 1 aromatic rings. The Morgan fingerprint density at radius 2 is 1.62 bits per heavy atom. The highest BCUT2D eigenvalue weighted by molar-refractivity contribution is 7.84. The molecule has 0 aliphatic carbocycles. The molecule has 0 saturated heterocycles. The van der Waals surface area contributed by atoms with Crippen LogP contribution in [0, 0.1) is 0 Å². The zero-order valence-electron chi connectivity index (χ0n) is 14.2. The zero-order valence-corrected chi connectivity index (χ0v) is 15.0. The smallest absolute Gasteiger partial charge is 0.376 e. The lowest BCUT2D eigenvalue weighted by molar-refractivity contribution is -0.112. The van der Waals surface area contributed by atoms with Crippen LogP contribution in [0.1, 0.15) is 6.92 Å². The van der Waals surface area contributed by atoms with Gasteiger partial charge in [-0.2, -0.15) is 8.42 Å². The summed E-state index contributed by atoms with van der Waals surface area (Å²) in [5, 5.41) is 6.30. The number of benzene rings is 1. The molecule has 1 amide bonds. The molecule has 24 heavy (non-hydrogen) atoms. The number of carbonyl (C=O) groups is 1. The molecule has 0 spiro atoms. The summed E-state index contributed by atoms with van der Waals surface area (Å²) in [7, 11) is 2.46. The van der Waals surface area contributed by atoms with Gasteiger partial charge in [0, 0.05) is 33.8 Å². The van der Waals surface area contributed by atoms with Gasteiger partial charge in [0.15, 0.2) is 0 Å². The maximum absolute atomic E-state index is 12.0.